The van der Waals surface area contributed by atoms with Gasteiger partial charge in [-0.2, -0.15) is 0 Å². The molecule has 6 N–H and O–H groups in total. The SMILES string of the molecule is CCCCCC=CCC=CCC=CCCCCCCC(=O)OC(COC(=O)CCCCCCCC=CCC=CCCCCC)COP(=O)(O)OC1C(O)C(O)C(O)C(O)C1O. The zero-order chi connectivity index (χ0) is 45.0. The molecule has 1 saturated carbocycles. The van der Waals surface area contributed by atoms with Crippen molar-refractivity contribution < 1.29 is 63.1 Å². The number of esters is 2. The number of unbranched alkanes of at least 4 members (excludes halogenated alkanes) is 15. The van der Waals surface area contributed by atoms with E-state index in [2.05, 4.69) is 74.6 Å². The average molecular weight is 885 g/mol. The van der Waals surface area contributed by atoms with Gasteiger partial charge < -0.3 is 39.9 Å². The molecular weight excluding hydrogens is 803 g/mol. The summed E-state index contributed by atoms with van der Waals surface area (Å²) in [6.07, 6.45) is 31.2. The van der Waals surface area contributed by atoms with Gasteiger partial charge in [-0.25, -0.2) is 4.57 Å². The van der Waals surface area contributed by atoms with Crippen LogP contribution in [0.3, 0.4) is 0 Å². The Hall–Kier alpha value is -2.45. The summed E-state index contributed by atoms with van der Waals surface area (Å²) in [6, 6.07) is 0. The van der Waals surface area contributed by atoms with Crippen molar-refractivity contribution in [3.05, 3.63) is 60.8 Å². The number of phosphoric ester groups is 1. The number of ether oxygens (including phenoxy) is 2. The van der Waals surface area contributed by atoms with Crippen LogP contribution in [0, 0.1) is 0 Å². The lowest BCUT2D eigenvalue weighted by Gasteiger charge is -2.41. The number of carbonyl (C=O) groups is 2. The molecule has 0 radical (unpaired) electrons. The van der Waals surface area contributed by atoms with Crippen molar-refractivity contribution in [3.8, 4) is 0 Å². The molecule has 14 heteroatoms. The van der Waals surface area contributed by atoms with E-state index in [4.69, 9.17) is 18.5 Å². The smallest absolute Gasteiger partial charge is 0.462 e. The maximum atomic E-state index is 12.8. The quantitative estimate of drug-likeness (QED) is 0.0149. The molecule has 0 aromatic rings. The van der Waals surface area contributed by atoms with Crippen LogP contribution < -0.4 is 0 Å². The van der Waals surface area contributed by atoms with Gasteiger partial charge in [-0.1, -0.05) is 132 Å². The minimum atomic E-state index is -5.13. The van der Waals surface area contributed by atoms with E-state index in [9.17, 15) is 44.6 Å². The van der Waals surface area contributed by atoms with Crippen LogP contribution in [0.1, 0.15) is 168 Å². The molecule has 6 atom stereocenters. The molecule has 0 aromatic heterocycles. The summed E-state index contributed by atoms with van der Waals surface area (Å²) in [5.41, 5.74) is 0. The van der Waals surface area contributed by atoms with Crippen LogP contribution in [-0.4, -0.2) is 98.3 Å². The third kappa shape index (κ3) is 29.5. The Balaban J connectivity index is 2.50. The Labute approximate surface area is 366 Å². The molecule has 0 heterocycles. The molecule has 0 spiro atoms. The fourth-order valence-electron chi connectivity index (χ4n) is 6.56. The molecule has 0 bridgehead atoms. The Morgan fingerprint density at radius 3 is 1.34 bits per heavy atom. The van der Waals surface area contributed by atoms with Gasteiger partial charge in [0.15, 0.2) is 6.10 Å². The maximum absolute atomic E-state index is 12.8. The van der Waals surface area contributed by atoms with Crippen LogP contribution in [0.25, 0.3) is 0 Å². The van der Waals surface area contributed by atoms with Gasteiger partial charge in [-0.15, -0.1) is 0 Å². The third-order valence-electron chi connectivity index (χ3n) is 10.3. The Morgan fingerprint density at radius 2 is 0.885 bits per heavy atom. The van der Waals surface area contributed by atoms with E-state index in [1.54, 1.807) is 0 Å². The van der Waals surface area contributed by atoms with Gasteiger partial charge in [-0.3, -0.25) is 18.6 Å². The fourth-order valence-corrected chi connectivity index (χ4v) is 7.53. The maximum Gasteiger partial charge on any atom is 0.472 e. The zero-order valence-corrected chi connectivity index (χ0v) is 38.1. The molecule has 6 unspecified atom stereocenters. The summed E-state index contributed by atoms with van der Waals surface area (Å²) in [4.78, 5) is 35.7. The van der Waals surface area contributed by atoms with E-state index in [0.717, 1.165) is 89.9 Å². The average Bonchev–Trinajstić information content (AvgIpc) is 3.24. The van der Waals surface area contributed by atoms with Crippen LogP contribution in [0.4, 0.5) is 0 Å². The molecule has 0 aromatic carbocycles. The van der Waals surface area contributed by atoms with Crippen LogP contribution in [-0.2, 0) is 32.7 Å². The van der Waals surface area contributed by atoms with Gasteiger partial charge in [0.1, 0.15) is 43.2 Å². The summed E-state index contributed by atoms with van der Waals surface area (Å²) in [6.45, 7) is 3.20. The fraction of sp³-hybridized carbons (Fsp3) is 0.745. The second kappa shape index (κ2) is 37.0. The van der Waals surface area contributed by atoms with Crippen LogP contribution in [0.5, 0.6) is 0 Å². The van der Waals surface area contributed by atoms with Crippen molar-refractivity contribution >= 4 is 19.8 Å². The topological polar surface area (TPSA) is 210 Å². The number of carbonyl (C=O) groups excluding carboxylic acids is 2. The lowest BCUT2D eigenvalue weighted by atomic mass is 9.85. The highest BCUT2D eigenvalue weighted by molar-refractivity contribution is 7.47. The van der Waals surface area contributed by atoms with Crippen molar-refractivity contribution in [1.82, 2.24) is 0 Å². The summed E-state index contributed by atoms with van der Waals surface area (Å²) >= 11 is 0. The van der Waals surface area contributed by atoms with E-state index in [1.165, 1.54) is 38.5 Å². The molecule has 352 valence electrons. The number of hydrogen-bond donors (Lipinski definition) is 6. The van der Waals surface area contributed by atoms with Gasteiger partial charge >= 0.3 is 19.8 Å². The molecule has 0 aliphatic heterocycles. The number of hydrogen-bond acceptors (Lipinski definition) is 12. The van der Waals surface area contributed by atoms with E-state index < -0.39 is 75.7 Å². The second-order valence-electron chi connectivity index (χ2n) is 15.9. The largest absolute Gasteiger partial charge is 0.472 e. The van der Waals surface area contributed by atoms with Crippen LogP contribution in [0.15, 0.2) is 60.8 Å². The molecular formula is C47H81O13P. The van der Waals surface area contributed by atoms with E-state index in [1.807, 2.05) is 0 Å². The van der Waals surface area contributed by atoms with Crippen molar-refractivity contribution in [2.24, 2.45) is 0 Å². The van der Waals surface area contributed by atoms with Crippen LogP contribution >= 0.6 is 7.82 Å². The number of rotatable bonds is 37. The van der Waals surface area contributed by atoms with Crippen LogP contribution in [0.2, 0.25) is 0 Å². The molecule has 0 saturated heterocycles. The number of allylic oxidation sites excluding steroid dienone is 10. The Kier molecular flexibility index (Phi) is 34.3. The van der Waals surface area contributed by atoms with Crippen molar-refractivity contribution in [3.63, 3.8) is 0 Å². The highest BCUT2D eigenvalue weighted by Crippen LogP contribution is 2.47. The first-order chi connectivity index (χ1) is 29.4. The van der Waals surface area contributed by atoms with Gasteiger partial charge in [0.05, 0.1) is 6.61 Å². The predicted octanol–water partition coefficient (Wildman–Crippen LogP) is 8.94. The van der Waals surface area contributed by atoms with Gasteiger partial charge in [0, 0.05) is 12.8 Å². The van der Waals surface area contributed by atoms with Crippen molar-refractivity contribution in [2.75, 3.05) is 13.2 Å². The first-order valence-electron chi connectivity index (χ1n) is 23.1. The monoisotopic (exact) mass is 885 g/mol. The molecule has 1 fully saturated rings. The third-order valence-corrected chi connectivity index (χ3v) is 11.3. The summed E-state index contributed by atoms with van der Waals surface area (Å²) in [7, 11) is -5.13. The minimum absolute atomic E-state index is 0.0654. The summed E-state index contributed by atoms with van der Waals surface area (Å²) in [5.74, 6) is -1.14. The Bertz CT molecular complexity index is 1300. The summed E-state index contributed by atoms with van der Waals surface area (Å²) < 4.78 is 33.5. The standard InChI is InChI=1S/C47H81O13P/c1-3-5-7-9-11-13-15-17-19-20-22-24-26-28-30-32-34-36-41(49)59-39(38-58-61(55,56)60-47-45(53)43(51)42(50)44(52)46(47)54)37-57-40(48)35-33-31-29-27-25-23-21-18-16-14-12-10-8-6-4-2/h11-14,17-19,21-22,24,39,42-47,50-54H,3-10,15-16,20,23,25-38H2,1-2H3,(H,55,56). The van der Waals surface area contributed by atoms with E-state index in [-0.39, 0.29) is 12.8 Å². The molecule has 13 nitrogen and oxygen atoms in total. The number of phosphoric acid groups is 1. The lowest BCUT2D eigenvalue weighted by molar-refractivity contribution is -0.220. The second-order valence-corrected chi connectivity index (χ2v) is 17.3. The highest BCUT2D eigenvalue weighted by Gasteiger charge is 2.51. The van der Waals surface area contributed by atoms with Gasteiger partial charge in [-0.05, 0) is 83.5 Å². The Morgan fingerprint density at radius 1 is 0.508 bits per heavy atom. The molecule has 61 heavy (non-hydrogen) atoms. The van der Waals surface area contributed by atoms with Crippen molar-refractivity contribution in [1.29, 1.82) is 0 Å². The number of aliphatic hydroxyl groups is 5. The van der Waals surface area contributed by atoms with Crippen molar-refractivity contribution in [2.45, 2.75) is 211 Å². The first kappa shape index (κ1) is 56.6. The predicted molar refractivity (Wildman–Crippen MR) is 239 cm³/mol. The molecule has 1 aliphatic carbocycles. The lowest BCUT2D eigenvalue weighted by Crippen LogP contribution is -2.64. The number of aliphatic hydroxyl groups excluding tert-OH is 5. The minimum Gasteiger partial charge on any atom is -0.462 e. The molecule has 1 rings (SSSR count). The summed E-state index contributed by atoms with van der Waals surface area (Å²) in [5, 5.41) is 50.1. The molecule has 1 aliphatic rings. The van der Waals surface area contributed by atoms with Gasteiger partial charge in [0.2, 0.25) is 0 Å². The van der Waals surface area contributed by atoms with Gasteiger partial charge in [0.25, 0.3) is 0 Å². The highest BCUT2D eigenvalue weighted by atomic mass is 31.2. The molecule has 0 amide bonds. The zero-order valence-electron chi connectivity index (χ0n) is 37.2. The normalized spacial score (nSPS) is 22.6. The van der Waals surface area contributed by atoms with E-state index >= 15 is 0 Å². The van der Waals surface area contributed by atoms with E-state index in [0.29, 0.717) is 12.8 Å². The first-order valence-corrected chi connectivity index (χ1v) is 24.6.